The van der Waals surface area contributed by atoms with E-state index in [1.807, 2.05) is 32.0 Å². The van der Waals surface area contributed by atoms with Gasteiger partial charge in [-0.25, -0.2) is 0 Å². The number of benzene rings is 1. The van der Waals surface area contributed by atoms with Gasteiger partial charge in [0.05, 0.1) is 6.10 Å². The SMILES string of the molecule is Cc1cc(C)cc(NC(=O)C(=O)NCC(O)C2CCCCC2)c1. The standard InChI is InChI=1S/C18H26N2O3/c1-12-8-13(2)10-15(9-12)20-18(23)17(22)19-11-16(21)14-6-4-3-5-7-14/h8-10,14,16,21H,3-7,11H2,1-2H3,(H,19,22)(H,20,23). The van der Waals surface area contributed by atoms with Crippen molar-refractivity contribution >= 4 is 17.5 Å². The molecule has 1 aliphatic carbocycles. The molecule has 126 valence electrons. The van der Waals surface area contributed by atoms with Crippen LogP contribution in [0.3, 0.4) is 0 Å². The van der Waals surface area contributed by atoms with Crippen LogP contribution < -0.4 is 10.6 Å². The monoisotopic (exact) mass is 318 g/mol. The minimum Gasteiger partial charge on any atom is -0.391 e. The van der Waals surface area contributed by atoms with Crippen molar-refractivity contribution in [1.82, 2.24) is 5.32 Å². The fourth-order valence-electron chi connectivity index (χ4n) is 3.20. The summed E-state index contributed by atoms with van der Waals surface area (Å²) in [4.78, 5) is 23.8. The van der Waals surface area contributed by atoms with Crippen molar-refractivity contribution in [2.45, 2.75) is 52.1 Å². The first-order valence-electron chi connectivity index (χ1n) is 8.31. The van der Waals surface area contributed by atoms with Gasteiger partial charge in [0.15, 0.2) is 0 Å². The number of aliphatic hydroxyl groups excluding tert-OH is 1. The highest BCUT2D eigenvalue weighted by Gasteiger charge is 2.23. The molecule has 2 rings (SSSR count). The van der Waals surface area contributed by atoms with E-state index in [1.54, 1.807) is 0 Å². The lowest BCUT2D eigenvalue weighted by molar-refractivity contribution is -0.136. The molecule has 1 aromatic carbocycles. The van der Waals surface area contributed by atoms with Crippen molar-refractivity contribution in [2.24, 2.45) is 5.92 Å². The van der Waals surface area contributed by atoms with Gasteiger partial charge in [-0.05, 0) is 55.9 Å². The number of carbonyl (C=O) groups is 2. The Morgan fingerprint density at radius 1 is 1.09 bits per heavy atom. The highest BCUT2D eigenvalue weighted by Crippen LogP contribution is 2.26. The minimum atomic E-state index is -0.709. The molecule has 5 heteroatoms. The molecule has 2 amide bonds. The second kappa shape index (κ2) is 8.11. The molecule has 1 atom stereocenters. The molecular weight excluding hydrogens is 292 g/mol. The van der Waals surface area contributed by atoms with E-state index in [2.05, 4.69) is 10.6 Å². The Labute approximate surface area is 137 Å². The topological polar surface area (TPSA) is 78.4 Å². The lowest BCUT2D eigenvalue weighted by Gasteiger charge is -2.26. The highest BCUT2D eigenvalue weighted by atomic mass is 16.3. The Bertz CT molecular complexity index is 545. The quantitative estimate of drug-likeness (QED) is 0.745. The third-order valence-electron chi connectivity index (χ3n) is 4.35. The molecule has 1 aliphatic rings. The summed E-state index contributed by atoms with van der Waals surface area (Å²) in [5.74, 6) is -1.18. The Kier molecular flexibility index (Phi) is 6.16. The van der Waals surface area contributed by atoms with E-state index in [1.165, 1.54) is 6.42 Å². The fraction of sp³-hybridized carbons (Fsp3) is 0.556. The molecule has 0 saturated heterocycles. The molecule has 5 nitrogen and oxygen atoms in total. The zero-order valence-electron chi connectivity index (χ0n) is 13.9. The number of carbonyl (C=O) groups excluding carboxylic acids is 2. The molecule has 0 bridgehead atoms. The Balaban J connectivity index is 1.81. The van der Waals surface area contributed by atoms with Crippen LogP contribution in [0.1, 0.15) is 43.2 Å². The van der Waals surface area contributed by atoms with Crippen LogP contribution in [-0.4, -0.2) is 29.6 Å². The van der Waals surface area contributed by atoms with E-state index in [4.69, 9.17) is 0 Å². The van der Waals surface area contributed by atoms with Gasteiger partial charge >= 0.3 is 11.8 Å². The summed E-state index contributed by atoms with van der Waals surface area (Å²) < 4.78 is 0. The van der Waals surface area contributed by atoms with Crippen molar-refractivity contribution < 1.29 is 14.7 Å². The average Bonchev–Trinajstić information content (AvgIpc) is 2.52. The molecule has 1 unspecified atom stereocenters. The molecule has 0 aliphatic heterocycles. The van der Waals surface area contributed by atoms with E-state index in [0.717, 1.165) is 36.8 Å². The predicted molar refractivity (Wildman–Crippen MR) is 90.1 cm³/mol. The number of hydrogen-bond acceptors (Lipinski definition) is 3. The maximum atomic E-state index is 11.9. The van der Waals surface area contributed by atoms with Crippen molar-refractivity contribution in [3.8, 4) is 0 Å². The van der Waals surface area contributed by atoms with E-state index < -0.39 is 17.9 Å². The predicted octanol–water partition coefficient (Wildman–Crippen LogP) is 2.30. The molecule has 0 heterocycles. The molecule has 1 saturated carbocycles. The first-order valence-corrected chi connectivity index (χ1v) is 8.31. The summed E-state index contributed by atoms with van der Waals surface area (Å²) in [7, 11) is 0. The molecule has 0 aromatic heterocycles. The van der Waals surface area contributed by atoms with Gasteiger partial charge in [-0.3, -0.25) is 9.59 Å². The van der Waals surface area contributed by atoms with Crippen molar-refractivity contribution in [3.05, 3.63) is 29.3 Å². The van der Waals surface area contributed by atoms with E-state index in [-0.39, 0.29) is 12.5 Å². The van der Waals surface area contributed by atoms with Crippen LogP contribution >= 0.6 is 0 Å². The first kappa shape index (κ1) is 17.5. The van der Waals surface area contributed by atoms with Gasteiger partial charge in [0, 0.05) is 12.2 Å². The summed E-state index contributed by atoms with van der Waals surface area (Å²) >= 11 is 0. The van der Waals surface area contributed by atoms with Gasteiger partial charge in [0.2, 0.25) is 0 Å². The molecule has 3 N–H and O–H groups in total. The number of aliphatic hydroxyl groups is 1. The molecule has 23 heavy (non-hydrogen) atoms. The first-order chi connectivity index (χ1) is 11.0. The van der Waals surface area contributed by atoms with Crippen LogP contribution in [-0.2, 0) is 9.59 Å². The van der Waals surface area contributed by atoms with Crippen molar-refractivity contribution in [2.75, 3.05) is 11.9 Å². The van der Waals surface area contributed by atoms with Crippen LogP contribution in [0.25, 0.3) is 0 Å². The van der Waals surface area contributed by atoms with Crippen LogP contribution in [0.5, 0.6) is 0 Å². The average molecular weight is 318 g/mol. The summed E-state index contributed by atoms with van der Waals surface area (Å²) in [6, 6.07) is 5.63. The third-order valence-corrected chi connectivity index (χ3v) is 4.35. The molecular formula is C18H26N2O3. The number of nitrogens with one attached hydrogen (secondary N) is 2. The molecule has 1 fully saturated rings. The van der Waals surface area contributed by atoms with Crippen LogP contribution in [0.15, 0.2) is 18.2 Å². The van der Waals surface area contributed by atoms with E-state index >= 15 is 0 Å². The summed E-state index contributed by atoms with van der Waals surface area (Å²) in [5, 5.41) is 15.2. The van der Waals surface area contributed by atoms with Crippen LogP contribution in [0, 0.1) is 19.8 Å². The fourth-order valence-corrected chi connectivity index (χ4v) is 3.20. The number of rotatable bonds is 4. The Hall–Kier alpha value is -1.88. The van der Waals surface area contributed by atoms with Gasteiger partial charge in [0.1, 0.15) is 0 Å². The van der Waals surface area contributed by atoms with E-state index in [9.17, 15) is 14.7 Å². The smallest absolute Gasteiger partial charge is 0.313 e. The highest BCUT2D eigenvalue weighted by molar-refractivity contribution is 6.39. The maximum Gasteiger partial charge on any atom is 0.313 e. The Morgan fingerprint density at radius 3 is 2.30 bits per heavy atom. The van der Waals surface area contributed by atoms with Gasteiger partial charge in [-0.2, -0.15) is 0 Å². The third kappa shape index (κ3) is 5.36. The molecule has 0 spiro atoms. The van der Waals surface area contributed by atoms with E-state index in [0.29, 0.717) is 5.69 Å². The minimum absolute atomic E-state index is 0.129. The van der Waals surface area contributed by atoms with Crippen molar-refractivity contribution in [1.29, 1.82) is 0 Å². The lowest BCUT2D eigenvalue weighted by atomic mass is 9.85. The maximum absolute atomic E-state index is 11.9. The zero-order valence-corrected chi connectivity index (χ0v) is 13.9. The second-order valence-electron chi connectivity index (χ2n) is 6.51. The van der Waals surface area contributed by atoms with Crippen molar-refractivity contribution in [3.63, 3.8) is 0 Å². The van der Waals surface area contributed by atoms with Gasteiger partial charge in [0.25, 0.3) is 0 Å². The molecule has 0 radical (unpaired) electrons. The largest absolute Gasteiger partial charge is 0.391 e. The van der Waals surface area contributed by atoms with Crippen LogP contribution in [0.4, 0.5) is 5.69 Å². The van der Waals surface area contributed by atoms with Crippen LogP contribution in [0.2, 0.25) is 0 Å². The normalized spacial score (nSPS) is 16.7. The summed E-state index contributed by atoms with van der Waals surface area (Å²) in [6.07, 6.45) is 4.88. The Morgan fingerprint density at radius 2 is 1.70 bits per heavy atom. The second-order valence-corrected chi connectivity index (χ2v) is 6.51. The number of amides is 2. The number of hydrogen-bond donors (Lipinski definition) is 3. The lowest BCUT2D eigenvalue weighted by Crippen LogP contribution is -2.42. The summed E-state index contributed by atoms with van der Waals surface area (Å²) in [6.45, 7) is 4.00. The molecule has 1 aromatic rings. The van der Waals surface area contributed by atoms with Gasteiger partial charge in [-0.15, -0.1) is 0 Å². The van der Waals surface area contributed by atoms with Gasteiger partial charge < -0.3 is 15.7 Å². The zero-order chi connectivity index (χ0) is 16.8. The van der Waals surface area contributed by atoms with Gasteiger partial charge in [-0.1, -0.05) is 25.3 Å². The number of anilines is 1. The summed E-state index contributed by atoms with van der Waals surface area (Å²) in [5.41, 5.74) is 2.65. The number of aryl methyl sites for hydroxylation is 2.